The van der Waals surface area contributed by atoms with Crippen LogP contribution in [0.25, 0.3) is 0 Å². The SMILES string of the molecule is C=C(CCC12OC(C(=O)O)C(O)(C(=O)O)C(C(=O)O)(O1)[C@H](OCCCCCCCCCCCCCC)[C@H]2O)[C@@H](OC(C)=O)[C@H](C)Cc1ccccc1. The fraction of sp³-hybridized carbons (Fsp3) is 0.692. The molecule has 2 heterocycles. The van der Waals surface area contributed by atoms with Crippen molar-refractivity contribution in [2.45, 2.75) is 158 Å². The number of hydrogen-bond donors (Lipinski definition) is 5. The highest BCUT2D eigenvalue weighted by Crippen LogP contribution is 2.56. The molecule has 0 aromatic heterocycles. The van der Waals surface area contributed by atoms with Gasteiger partial charge in [0.25, 0.3) is 0 Å². The molecule has 0 amide bonds. The predicted octanol–water partition coefficient (Wildman–Crippen LogP) is 5.43. The van der Waals surface area contributed by atoms with Crippen LogP contribution < -0.4 is 0 Å². The van der Waals surface area contributed by atoms with Gasteiger partial charge in [-0.3, -0.25) is 4.79 Å². The molecule has 5 N–H and O–H groups in total. The number of carbonyl (C=O) groups is 4. The molecule has 0 radical (unpaired) electrons. The third-order valence-electron chi connectivity index (χ3n) is 10.3. The van der Waals surface area contributed by atoms with E-state index in [0.717, 1.165) is 31.2 Å². The topological polar surface area (TPSA) is 206 Å². The second-order valence-electron chi connectivity index (χ2n) is 14.3. The summed E-state index contributed by atoms with van der Waals surface area (Å²) in [6.07, 6.45) is 5.06. The minimum Gasteiger partial charge on any atom is -0.479 e. The molecule has 2 aliphatic rings. The van der Waals surface area contributed by atoms with Gasteiger partial charge in [0, 0.05) is 25.9 Å². The van der Waals surface area contributed by atoms with Gasteiger partial charge in [-0.1, -0.05) is 121 Å². The first kappa shape index (κ1) is 43.0. The van der Waals surface area contributed by atoms with Gasteiger partial charge in [0.1, 0.15) is 18.3 Å². The van der Waals surface area contributed by atoms with E-state index in [9.17, 15) is 44.7 Å². The van der Waals surface area contributed by atoms with Crippen LogP contribution in [0.5, 0.6) is 0 Å². The number of carboxylic acid groups (broad SMARTS) is 3. The van der Waals surface area contributed by atoms with Crippen LogP contribution in [-0.4, -0.2) is 97.4 Å². The molecule has 0 aliphatic carbocycles. The van der Waals surface area contributed by atoms with Crippen molar-refractivity contribution >= 4 is 23.9 Å². The Bertz CT molecular complexity index is 1350. The Morgan fingerprint density at radius 2 is 1.44 bits per heavy atom. The lowest BCUT2D eigenvalue weighted by Crippen LogP contribution is -2.78. The lowest BCUT2D eigenvalue weighted by atomic mass is 9.74. The number of hydrogen-bond acceptors (Lipinski definition) is 10. The smallest absolute Gasteiger partial charge is 0.343 e. The van der Waals surface area contributed by atoms with Crippen molar-refractivity contribution in [2.24, 2.45) is 5.92 Å². The summed E-state index contributed by atoms with van der Waals surface area (Å²) >= 11 is 0. The van der Waals surface area contributed by atoms with E-state index < -0.39 is 71.7 Å². The molecule has 3 rings (SSSR count). The Labute approximate surface area is 306 Å². The summed E-state index contributed by atoms with van der Waals surface area (Å²) in [5.74, 6) is -9.57. The van der Waals surface area contributed by atoms with Crippen LogP contribution in [0.1, 0.15) is 116 Å². The largest absolute Gasteiger partial charge is 0.479 e. The van der Waals surface area contributed by atoms with Crippen LogP contribution in [0.15, 0.2) is 42.5 Å². The molecule has 0 spiro atoms. The first-order valence-corrected chi connectivity index (χ1v) is 18.7. The highest BCUT2D eigenvalue weighted by atomic mass is 16.8. The summed E-state index contributed by atoms with van der Waals surface area (Å²) in [6, 6.07) is 9.45. The van der Waals surface area contributed by atoms with Crippen molar-refractivity contribution in [1.82, 2.24) is 0 Å². The molecule has 13 heteroatoms. The lowest BCUT2D eigenvalue weighted by Gasteiger charge is -2.49. The number of benzene rings is 1. The van der Waals surface area contributed by atoms with E-state index in [0.29, 0.717) is 24.8 Å². The molecule has 2 aliphatic heterocycles. The summed E-state index contributed by atoms with van der Waals surface area (Å²) in [4.78, 5) is 50.1. The molecule has 1 aromatic carbocycles. The number of unbranched alkanes of at least 4 members (excludes halogenated alkanes) is 11. The van der Waals surface area contributed by atoms with Crippen molar-refractivity contribution in [2.75, 3.05) is 6.61 Å². The van der Waals surface area contributed by atoms with Crippen molar-refractivity contribution < 1.29 is 63.7 Å². The van der Waals surface area contributed by atoms with Crippen LogP contribution in [-0.2, 0) is 44.5 Å². The Hall–Kier alpha value is -3.36. The van der Waals surface area contributed by atoms with Gasteiger partial charge in [0.15, 0.2) is 5.79 Å². The molecule has 2 bridgehead atoms. The second kappa shape index (κ2) is 19.6. The maximum atomic E-state index is 13.0. The van der Waals surface area contributed by atoms with E-state index >= 15 is 0 Å². The molecule has 52 heavy (non-hydrogen) atoms. The zero-order chi connectivity index (χ0) is 38.5. The molecule has 13 nitrogen and oxygen atoms in total. The monoisotopic (exact) mass is 734 g/mol. The second-order valence-corrected chi connectivity index (χ2v) is 14.3. The van der Waals surface area contributed by atoms with Gasteiger partial charge >= 0.3 is 23.9 Å². The highest BCUT2D eigenvalue weighted by Gasteiger charge is 2.85. The number of fused-ring (bicyclic) bond motifs is 2. The quantitative estimate of drug-likeness (QED) is 0.0483. The molecule has 4 unspecified atom stereocenters. The average molecular weight is 735 g/mol. The van der Waals surface area contributed by atoms with Gasteiger partial charge in [-0.25, -0.2) is 14.4 Å². The van der Waals surface area contributed by atoms with Crippen molar-refractivity contribution in [1.29, 1.82) is 0 Å². The standard InChI is InChI=1S/C39H58O13/c1-5-6-7-8-9-10-11-12-13-14-15-19-24-49-32-31(41)37(51-33(34(42)43)38(48,35(44)45)39(32,52-37)36(46)47)23-22-26(2)30(50-28(4)40)27(3)25-29-20-17-16-18-21-29/h16-18,20-21,27,30-33,41,48H,2,5-15,19,22-25H2,1,3-4H3,(H,42,43)(H,44,45)(H,46,47)/t27-,30-,31-,32-,33?,37?,38?,39?/m1/s1. The summed E-state index contributed by atoms with van der Waals surface area (Å²) in [7, 11) is 0. The molecule has 8 atom stereocenters. The van der Waals surface area contributed by atoms with Crippen LogP contribution in [0, 0.1) is 5.92 Å². The molecule has 292 valence electrons. The van der Waals surface area contributed by atoms with Gasteiger partial charge in [0.2, 0.25) is 17.3 Å². The zero-order valence-electron chi connectivity index (χ0n) is 30.8. The first-order valence-electron chi connectivity index (χ1n) is 18.7. The van der Waals surface area contributed by atoms with Crippen molar-refractivity contribution in [3.8, 4) is 0 Å². The van der Waals surface area contributed by atoms with Crippen LogP contribution in [0.3, 0.4) is 0 Å². The van der Waals surface area contributed by atoms with E-state index in [1.165, 1.54) is 45.4 Å². The van der Waals surface area contributed by atoms with Gasteiger partial charge in [-0.15, -0.1) is 0 Å². The fourth-order valence-electron chi connectivity index (χ4n) is 7.51. The van der Waals surface area contributed by atoms with Gasteiger partial charge < -0.3 is 44.5 Å². The molecule has 2 saturated heterocycles. The molecule has 1 aromatic rings. The van der Waals surface area contributed by atoms with Crippen LogP contribution >= 0.6 is 0 Å². The summed E-state index contributed by atoms with van der Waals surface area (Å²) in [6.45, 7) is 9.24. The van der Waals surface area contributed by atoms with Gasteiger partial charge in [-0.05, 0) is 30.4 Å². The number of esters is 1. The molecular weight excluding hydrogens is 676 g/mol. The molecule has 0 saturated carbocycles. The Kier molecular flexibility index (Phi) is 16.3. The number of rotatable bonds is 25. The third-order valence-corrected chi connectivity index (χ3v) is 10.3. The van der Waals surface area contributed by atoms with Crippen LogP contribution in [0.2, 0.25) is 0 Å². The number of carbonyl (C=O) groups excluding carboxylic acids is 1. The van der Waals surface area contributed by atoms with Crippen LogP contribution in [0.4, 0.5) is 0 Å². The minimum absolute atomic E-state index is 0.126. The van der Waals surface area contributed by atoms with E-state index in [2.05, 4.69) is 13.5 Å². The lowest BCUT2D eigenvalue weighted by molar-refractivity contribution is -0.374. The highest BCUT2D eigenvalue weighted by molar-refractivity contribution is 5.97. The normalized spacial score (nSPS) is 27.8. The van der Waals surface area contributed by atoms with Gasteiger partial charge in [0.05, 0.1) is 0 Å². The Balaban J connectivity index is 1.76. The summed E-state index contributed by atoms with van der Waals surface area (Å²) in [5.41, 5.74) is -5.66. The molecular formula is C39H58O13. The number of carboxylic acids is 3. The fourth-order valence-corrected chi connectivity index (χ4v) is 7.51. The number of ether oxygens (including phenoxy) is 4. The molecule has 2 fully saturated rings. The Morgan fingerprint density at radius 3 is 1.94 bits per heavy atom. The van der Waals surface area contributed by atoms with Gasteiger partial charge in [-0.2, -0.15) is 0 Å². The number of aliphatic hydroxyl groups is 2. The zero-order valence-corrected chi connectivity index (χ0v) is 30.8. The van der Waals surface area contributed by atoms with E-state index in [-0.39, 0.29) is 18.9 Å². The first-order chi connectivity index (χ1) is 24.7. The average Bonchev–Trinajstić information content (AvgIpc) is 3.31. The van der Waals surface area contributed by atoms with Crippen molar-refractivity contribution in [3.05, 3.63) is 48.0 Å². The predicted molar refractivity (Wildman–Crippen MR) is 189 cm³/mol. The van der Waals surface area contributed by atoms with Crippen molar-refractivity contribution in [3.63, 3.8) is 0 Å². The third kappa shape index (κ3) is 9.79. The maximum Gasteiger partial charge on any atom is 0.343 e. The maximum absolute atomic E-state index is 13.0. The summed E-state index contributed by atoms with van der Waals surface area (Å²) in [5, 5.41) is 53.9. The van der Waals surface area contributed by atoms with E-state index in [1.807, 2.05) is 37.3 Å². The minimum atomic E-state index is -3.70. The van der Waals surface area contributed by atoms with E-state index in [1.54, 1.807) is 0 Å². The number of aliphatic hydroxyl groups excluding tert-OH is 1. The van der Waals surface area contributed by atoms with E-state index in [4.69, 9.17) is 18.9 Å². The number of aliphatic carboxylic acids is 3. The summed E-state index contributed by atoms with van der Waals surface area (Å²) < 4.78 is 22.9. The Morgan fingerprint density at radius 1 is 0.885 bits per heavy atom.